The Morgan fingerprint density at radius 1 is 1.10 bits per heavy atom. The molecular formula is C17H19BrFNO. The van der Waals surface area contributed by atoms with E-state index >= 15 is 0 Å². The second-order valence-electron chi connectivity index (χ2n) is 5.15. The zero-order valence-corrected chi connectivity index (χ0v) is 14.2. The molecule has 0 spiro atoms. The molecule has 1 unspecified atom stereocenters. The highest BCUT2D eigenvalue weighted by molar-refractivity contribution is 9.10. The number of aryl methyl sites for hydroxylation is 2. The van der Waals surface area contributed by atoms with Gasteiger partial charge in [0.1, 0.15) is 11.6 Å². The van der Waals surface area contributed by atoms with Crippen molar-refractivity contribution in [2.45, 2.75) is 19.9 Å². The molecule has 0 saturated heterocycles. The van der Waals surface area contributed by atoms with E-state index in [1.807, 2.05) is 7.05 Å². The molecule has 1 N–H and O–H groups in total. The van der Waals surface area contributed by atoms with Gasteiger partial charge in [0.25, 0.3) is 0 Å². The summed E-state index contributed by atoms with van der Waals surface area (Å²) < 4.78 is 19.5. The van der Waals surface area contributed by atoms with Crippen LogP contribution in [0.4, 0.5) is 4.39 Å². The van der Waals surface area contributed by atoms with Gasteiger partial charge in [0, 0.05) is 11.6 Å². The first kappa shape index (κ1) is 16.0. The van der Waals surface area contributed by atoms with Crippen LogP contribution in [-0.2, 0) is 0 Å². The van der Waals surface area contributed by atoms with Gasteiger partial charge in [-0.3, -0.25) is 0 Å². The Kier molecular flexibility index (Phi) is 5.01. The number of halogens is 2. The third-order valence-electron chi connectivity index (χ3n) is 3.45. The monoisotopic (exact) mass is 351 g/mol. The largest absolute Gasteiger partial charge is 0.496 e. The second kappa shape index (κ2) is 6.58. The summed E-state index contributed by atoms with van der Waals surface area (Å²) >= 11 is 3.25. The van der Waals surface area contributed by atoms with Crippen LogP contribution in [0.2, 0.25) is 0 Å². The molecule has 0 heterocycles. The van der Waals surface area contributed by atoms with Crippen molar-refractivity contribution in [2.24, 2.45) is 0 Å². The lowest BCUT2D eigenvalue weighted by atomic mass is 9.95. The maximum absolute atomic E-state index is 13.7. The molecule has 0 fully saturated rings. The Labute approximate surface area is 133 Å². The highest BCUT2D eigenvalue weighted by Crippen LogP contribution is 2.34. The van der Waals surface area contributed by atoms with Crippen LogP contribution in [0.3, 0.4) is 0 Å². The molecule has 0 bridgehead atoms. The summed E-state index contributed by atoms with van der Waals surface area (Å²) in [5, 5.41) is 3.29. The maximum Gasteiger partial charge on any atom is 0.141 e. The second-order valence-corrected chi connectivity index (χ2v) is 6.01. The van der Waals surface area contributed by atoms with Crippen molar-refractivity contribution in [1.82, 2.24) is 5.32 Å². The highest BCUT2D eigenvalue weighted by atomic mass is 79.9. The number of ether oxygens (including phenoxy) is 1. The van der Waals surface area contributed by atoms with Gasteiger partial charge in [0.15, 0.2) is 0 Å². The van der Waals surface area contributed by atoms with Gasteiger partial charge < -0.3 is 10.1 Å². The van der Waals surface area contributed by atoms with E-state index in [0.29, 0.717) is 10.2 Å². The van der Waals surface area contributed by atoms with Gasteiger partial charge in [0.2, 0.25) is 0 Å². The van der Waals surface area contributed by atoms with Gasteiger partial charge in [-0.05, 0) is 48.5 Å². The Balaban J connectivity index is 2.58. The standard InChI is InChI=1S/C17H19BrFNO/c1-10-5-11(2)7-12(6-10)17(20-3)13-8-14(18)15(19)9-16(13)21-4/h5-9,17,20H,1-4H3. The SMILES string of the molecule is CNC(c1cc(C)cc(C)c1)c1cc(Br)c(F)cc1OC. The molecular weight excluding hydrogens is 333 g/mol. The highest BCUT2D eigenvalue weighted by Gasteiger charge is 2.19. The van der Waals surface area contributed by atoms with E-state index in [9.17, 15) is 4.39 Å². The van der Waals surface area contributed by atoms with Gasteiger partial charge in [-0.15, -0.1) is 0 Å². The molecule has 2 aromatic rings. The van der Waals surface area contributed by atoms with Crippen molar-refractivity contribution in [2.75, 3.05) is 14.2 Å². The zero-order chi connectivity index (χ0) is 15.6. The minimum absolute atomic E-state index is 0.0598. The number of benzene rings is 2. The van der Waals surface area contributed by atoms with E-state index in [0.717, 1.165) is 11.1 Å². The molecule has 0 aliphatic carbocycles. The van der Waals surface area contributed by atoms with Crippen LogP contribution in [0.15, 0.2) is 34.8 Å². The van der Waals surface area contributed by atoms with Gasteiger partial charge in [-0.2, -0.15) is 0 Å². The number of hydrogen-bond acceptors (Lipinski definition) is 2. The molecule has 0 amide bonds. The van der Waals surface area contributed by atoms with Crippen molar-refractivity contribution in [3.8, 4) is 5.75 Å². The van der Waals surface area contributed by atoms with Crippen molar-refractivity contribution < 1.29 is 9.13 Å². The van der Waals surface area contributed by atoms with Crippen molar-refractivity contribution in [3.63, 3.8) is 0 Å². The van der Waals surface area contributed by atoms with E-state index in [1.54, 1.807) is 13.2 Å². The fourth-order valence-electron chi connectivity index (χ4n) is 2.62. The van der Waals surface area contributed by atoms with Crippen LogP contribution >= 0.6 is 15.9 Å². The third kappa shape index (κ3) is 3.44. The van der Waals surface area contributed by atoms with Gasteiger partial charge in [-0.25, -0.2) is 4.39 Å². The number of hydrogen-bond donors (Lipinski definition) is 1. The molecule has 21 heavy (non-hydrogen) atoms. The van der Waals surface area contributed by atoms with Crippen LogP contribution < -0.4 is 10.1 Å². The smallest absolute Gasteiger partial charge is 0.141 e. The molecule has 2 rings (SSSR count). The lowest BCUT2D eigenvalue weighted by molar-refractivity contribution is 0.401. The Bertz CT molecular complexity index is 637. The molecule has 2 aromatic carbocycles. The van der Waals surface area contributed by atoms with Gasteiger partial charge in [-0.1, -0.05) is 29.3 Å². The normalized spacial score (nSPS) is 12.3. The third-order valence-corrected chi connectivity index (χ3v) is 4.06. The molecule has 2 nitrogen and oxygen atoms in total. The van der Waals surface area contributed by atoms with Crippen molar-refractivity contribution >= 4 is 15.9 Å². The summed E-state index contributed by atoms with van der Waals surface area (Å²) in [7, 11) is 3.44. The minimum Gasteiger partial charge on any atom is -0.496 e. The van der Waals surface area contributed by atoms with Crippen LogP contribution in [0, 0.1) is 19.7 Å². The Hall–Kier alpha value is -1.39. The molecule has 0 saturated carbocycles. The quantitative estimate of drug-likeness (QED) is 0.873. The fraction of sp³-hybridized carbons (Fsp3) is 0.294. The summed E-state index contributed by atoms with van der Waals surface area (Å²) in [6, 6.07) is 9.51. The van der Waals surface area contributed by atoms with E-state index in [-0.39, 0.29) is 11.9 Å². The summed E-state index contributed by atoms with van der Waals surface area (Å²) in [6.07, 6.45) is 0. The zero-order valence-electron chi connectivity index (χ0n) is 12.6. The Morgan fingerprint density at radius 2 is 1.71 bits per heavy atom. The molecule has 4 heteroatoms. The van der Waals surface area contributed by atoms with E-state index < -0.39 is 0 Å². The first-order valence-electron chi connectivity index (χ1n) is 6.74. The van der Waals surface area contributed by atoms with Gasteiger partial charge in [0.05, 0.1) is 17.6 Å². The topological polar surface area (TPSA) is 21.3 Å². The van der Waals surface area contributed by atoms with E-state index in [2.05, 4.69) is 53.3 Å². The summed E-state index contributed by atoms with van der Waals surface area (Å²) in [5.74, 6) is 0.208. The Morgan fingerprint density at radius 3 is 2.24 bits per heavy atom. The summed E-state index contributed by atoms with van der Waals surface area (Å²) in [5.41, 5.74) is 4.43. The molecule has 0 radical (unpaired) electrons. The van der Waals surface area contributed by atoms with Crippen LogP contribution in [0.25, 0.3) is 0 Å². The molecule has 112 valence electrons. The lowest BCUT2D eigenvalue weighted by Crippen LogP contribution is -2.19. The number of methoxy groups -OCH3 is 1. The maximum atomic E-state index is 13.7. The van der Waals surface area contributed by atoms with E-state index in [4.69, 9.17) is 4.74 Å². The van der Waals surface area contributed by atoms with Crippen LogP contribution in [-0.4, -0.2) is 14.2 Å². The molecule has 0 aliphatic heterocycles. The van der Waals surface area contributed by atoms with Crippen LogP contribution in [0.1, 0.15) is 28.3 Å². The molecule has 1 atom stereocenters. The fourth-order valence-corrected chi connectivity index (χ4v) is 2.99. The predicted octanol–water partition coefficient (Wildman–Crippen LogP) is 4.52. The molecule has 0 aromatic heterocycles. The van der Waals surface area contributed by atoms with Crippen LogP contribution in [0.5, 0.6) is 5.75 Å². The average molecular weight is 352 g/mol. The average Bonchev–Trinajstić information content (AvgIpc) is 2.42. The first-order chi connectivity index (χ1) is 9.96. The lowest BCUT2D eigenvalue weighted by Gasteiger charge is -2.21. The van der Waals surface area contributed by atoms with Crippen molar-refractivity contribution in [1.29, 1.82) is 0 Å². The predicted molar refractivity (Wildman–Crippen MR) is 87.5 cm³/mol. The molecule has 0 aliphatic rings. The number of rotatable bonds is 4. The van der Waals surface area contributed by atoms with Gasteiger partial charge >= 0.3 is 0 Å². The minimum atomic E-state index is -0.328. The number of nitrogens with one attached hydrogen (secondary N) is 1. The first-order valence-corrected chi connectivity index (χ1v) is 7.54. The summed E-state index contributed by atoms with van der Waals surface area (Å²) in [6.45, 7) is 4.14. The van der Waals surface area contributed by atoms with Crippen molar-refractivity contribution in [3.05, 3.63) is 62.9 Å². The van der Waals surface area contributed by atoms with E-state index in [1.165, 1.54) is 17.2 Å². The summed E-state index contributed by atoms with van der Waals surface area (Å²) in [4.78, 5) is 0.